The van der Waals surface area contributed by atoms with Crippen molar-refractivity contribution in [2.24, 2.45) is 0 Å². The summed E-state index contributed by atoms with van der Waals surface area (Å²) in [4.78, 5) is 22.9. The summed E-state index contributed by atoms with van der Waals surface area (Å²) < 4.78 is 50.6. The van der Waals surface area contributed by atoms with Crippen molar-refractivity contribution in [2.75, 3.05) is 50.0 Å². The fraction of sp³-hybridized carbons (Fsp3) is 0.517. The number of ether oxygens (including phenoxy) is 1. The molecule has 3 fully saturated rings. The van der Waals surface area contributed by atoms with Crippen LogP contribution in [0.25, 0.3) is 32.4 Å². The van der Waals surface area contributed by atoms with Gasteiger partial charge in [0, 0.05) is 56.0 Å². The van der Waals surface area contributed by atoms with E-state index >= 15 is 4.39 Å². The maximum atomic E-state index is 15.0. The minimum Gasteiger partial charge on any atom is -0.461 e. The van der Waals surface area contributed by atoms with Crippen molar-refractivity contribution in [3.8, 4) is 17.3 Å². The topological polar surface area (TPSA) is 105 Å². The molecule has 9 nitrogen and oxygen atoms in total. The number of nitrogens with one attached hydrogen (secondary N) is 1. The fourth-order valence-corrected chi connectivity index (χ4v) is 7.66. The second-order valence-electron chi connectivity index (χ2n) is 11.5. The molecule has 0 aliphatic carbocycles. The first-order valence-electron chi connectivity index (χ1n) is 14.5. The number of aromatic nitrogens is 4. The Bertz CT molecular complexity index is 1650. The first kappa shape index (κ1) is 27.5. The van der Waals surface area contributed by atoms with Crippen LogP contribution in [0.3, 0.4) is 0 Å². The molecule has 4 aromatic rings. The average molecular weight is 599 g/mol. The van der Waals surface area contributed by atoms with Gasteiger partial charge in [0.1, 0.15) is 31.1 Å². The molecule has 3 aliphatic heterocycles. The number of thiazole rings is 1. The minimum absolute atomic E-state index is 0.127. The highest BCUT2D eigenvalue weighted by Gasteiger charge is 2.49. The van der Waals surface area contributed by atoms with E-state index in [0.29, 0.717) is 64.2 Å². The molecule has 3 N–H and O–H groups in total. The molecule has 1 aromatic carbocycles. The fourth-order valence-electron chi connectivity index (χ4n) is 6.89. The molecule has 3 aliphatic rings. The Morgan fingerprint density at radius 3 is 2.90 bits per heavy atom. The monoisotopic (exact) mass is 598 g/mol. The van der Waals surface area contributed by atoms with Crippen LogP contribution in [0.2, 0.25) is 0 Å². The van der Waals surface area contributed by atoms with Crippen LogP contribution in [0.15, 0.2) is 18.3 Å². The standard InChI is InChI=1S/C29H33F3N8OS/c1-2-17-14-39(9-7-34-17)26-20-12-35-22(18-4-5-21(32)25-24(18)36-27(33)42-25)19(11-30)23(20)37-28(38-26)41-15-29-6-3-8-40(29)13-16(31)10-29/h4-5,12,16-17,34H,2-3,6-11,13-15H2,1H3,(H2,33,36)/t16-,17?,29+/m0/s1. The number of nitrogens with zero attached hydrogens (tertiary/aromatic N) is 6. The Hall–Kier alpha value is -3.29. The number of rotatable bonds is 7. The van der Waals surface area contributed by atoms with Crippen LogP contribution < -0.4 is 20.7 Å². The van der Waals surface area contributed by atoms with Crippen LogP contribution >= 0.6 is 11.3 Å². The molecule has 0 radical (unpaired) electrons. The highest BCUT2D eigenvalue weighted by Crippen LogP contribution is 2.41. The summed E-state index contributed by atoms with van der Waals surface area (Å²) in [6, 6.07) is 3.27. The quantitative estimate of drug-likeness (QED) is 0.315. The molecule has 6 heterocycles. The SMILES string of the molecule is CCC1CN(c2nc(OC[C@]34CCCN3C[C@@H](F)C4)nc3c(CF)c(-c4ccc(F)c5sc(N)nc45)ncc23)CCN1. The number of alkyl halides is 2. The zero-order valence-corrected chi connectivity index (χ0v) is 24.2. The third kappa shape index (κ3) is 4.62. The van der Waals surface area contributed by atoms with Crippen molar-refractivity contribution < 1.29 is 17.9 Å². The summed E-state index contributed by atoms with van der Waals surface area (Å²) in [5.41, 5.74) is 7.29. The summed E-state index contributed by atoms with van der Waals surface area (Å²) in [5.74, 6) is 0.180. The molecular weight excluding hydrogens is 565 g/mol. The van der Waals surface area contributed by atoms with Crippen molar-refractivity contribution in [2.45, 2.75) is 57.0 Å². The summed E-state index contributed by atoms with van der Waals surface area (Å²) in [6.45, 7) is 4.98. The van der Waals surface area contributed by atoms with Gasteiger partial charge in [0.05, 0.1) is 32.4 Å². The summed E-state index contributed by atoms with van der Waals surface area (Å²) >= 11 is 1.04. The largest absolute Gasteiger partial charge is 0.461 e. The lowest BCUT2D eigenvalue weighted by Gasteiger charge is -2.35. The van der Waals surface area contributed by atoms with Crippen molar-refractivity contribution in [1.29, 1.82) is 0 Å². The van der Waals surface area contributed by atoms with Gasteiger partial charge in [-0.05, 0) is 37.9 Å². The van der Waals surface area contributed by atoms with E-state index < -0.39 is 18.7 Å². The van der Waals surface area contributed by atoms with E-state index in [-0.39, 0.29) is 34.9 Å². The van der Waals surface area contributed by atoms with E-state index in [1.54, 1.807) is 12.3 Å². The Kier molecular flexibility index (Phi) is 7.06. The van der Waals surface area contributed by atoms with Crippen LogP contribution in [0.5, 0.6) is 6.01 Å². The maximum absolute atomic E-state index is 15.0. The summed E-state index contributed by atoms with van der Waals surface area (Å²) in [5, 5.41) is 4.34. The third-order valence-corrected chi connectivity index (χ3v) is 9.87. The molecule has 0 bridgehead atoms. The lowest BCUT2D eigenvalue weighted by atomic mass is 9.95. The van der Waals surface area contributed by atoms with Crippen LogP contribution in [0.1, 0.15) is 38.2 Å². The first-order chi connectivity index (χ1) is 20.4. The second kappa shape index (κ2) is 10.8. The number of hydrogen-bond acceptors (Lipinski definition) is 10. The number of hydrogen-bond donors (Lipinski definition) is 2. The second-order valence-corrected chi connectivity index (χ2v) is 12.5. The zero-order valence-electron chi connectivity index (χ0n) is 23.4. The van der Waals surface area contributed by atoms with Crippen LogP contribution in [-0.2, 0) is 6.67 Å². The zero-order chi connectivity index (χ0) is 29.0. The molecule has 7 rings (SSSR count). The molecule has 3 saturated heterocycles. The van der Waals surface area contributed by atoms with Gasteiger partial charge in [0.15, 0.2) is 5.13 Å². The number of pyridine rings is 1. The predicted molar refractivity (Wildman–Crippen MR) is 158 cm³/mol. The number of benzene rings is 1. The number of halogens is 3. The smallest absolute Gasteiger partial charge is 0.319 e. The lowest BCUT2D eigenvalue weighted by molar-refractivity contribution is 0.107. The van der Waals surface area contributed by atoms with Crippen molar-refractivity contribution in [1.82, 2.24) is 30.2 Å². The Morgan fingerprint density at radius 1 is 1.19 bits per heavy atom. The van der Waals surface area contributed by atoms with Gasteiger partial charge in [-0.15, -0.1) is 0 Å². The van der Waals surface area contributed by atoms with Crippen molar-refractivity contribution >= 4 is 43.4 Å². The van der Waals surface area contributed by atoms with E-state index in [4.69, 9.17) is 20.4 Å². The normalized spacial score (nSPS) is 24.6. The van der Waals surface area contributed by atoms with E-state index in [0.717, 1.165) is 43.7 Å². The molecule has 222 valence electrons. The molecule has 1 unspecified atom stereocenters. The summed E-state index contributed by atoms with van der Waals surface area (Å²) in [7, 11) is 0. The highest BCUT2D eigenvalue weighted by molar-refractivity contribution is 7.22. The third-order valence-electron chi connectivity index (χ3n) is 8.98. The Labute approximate surface area is 245 Å². The Morgan fingerprint density at radius 2 is 2.07 bits per heavy atom. The molecular formula is C29H33F3N8OS. The van der Waals surface area contributed by atoms with E-state index in [1.807, 2.05) is 0 Å². The van der Waals surface area contributed by atoms with Crippen LogP contribution in [0, 0.1) is 5.82 Å². The maximum Gasteiger partial charge on any atom is 0.319 e. The number of nitrogen functional groups attached to an aromatic ring is 1. The van der Waals surface area contributed by atoms with Gasteiger partial charge in [0.25, 0.3) is 0 Å². The minimum atomic E-state index is -0.882. The van der Waals surface area contributed by atoms with Crippen LogP contribution in [-0.4, -0.2) is 81.9 Å². The van der Waals surface area contributed by atoms with Gasteiger partial charge in [-0.3, -0.25) is 9.88 Å². The van der Waals surface area contributed by atoms with Crippen molar-refractivity contribution in [3.63, 3.8) is 0 Å². The molecule has 0 amide bonds. The predicted octanol–water partition coefficient (Wildman–Crippen LogP) is 4.64. The summed E-state index contributed by atoms with van der Waals surface area (Å²) in [6.07, 6.45) is 3.98. The number of piperazine rings is 1. The van der Waals surface area contributed by atoms with Crippen molar-refractivity contribution in [3.05, 3.63) is 29.7 Å². The lowest BCUT2D eigenvalue weighted by Crippen LogP contribution is -2.50. The number of nitrogens with two attached hydrogens (primary N) is 1. The molecule has 42 heavy (non-hydrogen) atoms. The van der Waals surface area contributed by atoms with Gasteiger partial charge >= 0.3 is 6.01 Å². The van der Waals surface area contributed by atoms with E-state index in [1.165, 1.54) is 6.07 Å². The van der Waals surface area contributed by atoms with E-state index in [9.17, 15) is 8.78 Å². The first-order valence-corrected chi connectivity index (χ1v) is 15.3. The van der Waals surface area contributed by atoms with Gasteiger partial charge in [-0.25, -0.2) is 18.2 Å². The number of anilines is 2. The molecule has 3 aromatic heterocycles. The van der Waals surface area contributed by atoms with Gasteiger partial charge in [0.2, 0.25) is 0 Å². The van der Waals surface area contributed by atoms with Gasteiger partial charge in [-0.2, -0.15) is 9.97 Å². The van der Waals surface area contributed by atoms with Gasteiger partial charge < -0.3 is 20.7 Å². The van der Waals surface area contributed by atoms with Gasteiger partial charge in [-0.1, -0.05) is 18.3 Å². The number of fused-ring (bicyclic) bond motifs is 3. The Balaban J connectivity index is 1.36. The van der Waals surface area contributed by atoms with E-state index in [2.05, 4.69) is 32.0 Å². The molecule has 0 saturated carbocycles. The molecule has 3 atom stereocenters. The molecule has 0 spiro atoms. The molecule has 13 heteroatoms. The average Bonchev–Trinajstić information content (AvgIpc) is 3.67. The van der Waals surface area contributed by atoms with Crippen LogP contribution in [0.4, 0.5) is 24.1 Å². The highest BCUT2D eigenvalue weighted by atomic mass is 32.1.